The van der Waals surface area contributed by atoms with Crippen molar-refractivity contribution in [1.29, 1.82) is 0 Å². The van der Waals surface area contributed by atoms with Crippen LogP contribution in [-0.4, -0.2) is 102 Å². The molecule has 4 atom stereocenters. The minimum Gasteiger partial charge on any atom is -0.445 e. The third kappa shape index (κ3) is 11.2. The molecule has 0 spiro atoms. The Morgan fingerprint density at radius 2 is 1.66 bits per heavy atom. The first-order chi connectivity index (χ1) is 22.2. The standard InChI is InChI=1S/C35H49FN4O7/c1-24(38(6)33(43)47-35(3,4)5)31(41)37-30(25(2)45-7)32(42)40-20-11-14-29(40)22-39(21-19-26-15-17-28(36)18-16-26)34(44)46-23-27-12-9-8-10-13-27/h8-10,12-13,15-18,24-25,29-30H,11,14,19-23H2,1-7H3,(H,37,41)/t24-,25+,29?,30-/m0/s1. The van der Waals surface area contributed by atoms with Crippen LogP contribution in [0.4, 0.5) is 14.0 Å². The van der Waals surface area contributed by atoms with Gasteiger partial charge in [0.1, 0.15) is 30.1 Å². The van der Waals surface area contributed by atoms with Crippen LogP contribution in [-0.2, 0) is 36.8 Å². The number of hydrogen-bond donors (Lipinski definition) is 1. The number of nitrogens with one attached hydrogen (secondary N) is 1. The lowest BCUT2D eigenvalue weighted by Crippen LogP contribution is -2.59. The number of likely N-dealkylation sites (tertiary alicyclic amines) is 1. The van der Waals surface area contributed by atoms with Crippen molar-refractivity contribution in [3.8, 4) is 0 Å². The average molecular weight is 657 g/mol. The summed E-state index contributed by atoms with van der Waals surface area (Å²) >= 11 is 0. The summed E-state index contributed by atoms with van der Waals surface area (Å²) in [4.78, 5) is 57.7. The molecule has 0 saturated carbocycles. The normalized spacial score (nSPS) is 16.5. The van der Waals surface area contributed by atoms with Gasteiger partial charge >= 0.3 is 12.2 Å². The summed E-state index contributed by atoms with van der Waals surface area (Å²) in [5.41, 5.74) is 0.959. The lowest BCUT2D eigenvalue weighted by molar-refractivity contribution is -0.142. The number of hydrogen-bond acceptors (Lipinski definition) is 7. The first-order valence-electron chi connectivity index (χ1n) is 16.0. The third-order valence-electron chi connectivity index (χ3n) is 8.19. The molecule has 12 heteroatoms. The molecule has 1 N–H and O–H groups in total. The Morgan fingerprint density at radius 1 is 1.00 bits per heavy atom. The van der Waals surface area contributed by atoms with Crippen molar-refractivity contribution < 1.29 is 37.8 Å². The van der Waals surface area contributed by atoms with E-state index in [4.69, 9.17) is 14.2 Å². The number of carbonyl (C=O) groups is 4. The van der Waals surface area contributed by atoms with Crippen LogP contribution in [0, 0.1) is 5.82 Å². The number of methoxy groups -OCH3 is 1. The molecule has 1 aliphatic heterocycles. The van der Waals surface area contributed by atoms with Crippen LogP contribution >= 0.6 is 0 Å². The molecular formula is C35H49FN4O7. The maximum absolute atomic E-state index is 14.0. The van der Waals surface area contributed by atoms with E-state index in [9.17, 15) is 23.6 Å². The molecule has 2 aromatic rings. The van der Waals surface area contributed by atoms with E-state index >= 15 is 0 Å². The van der Waals surface area contributed by atoms with Gasteiger partial charge in [-0.1, -0.05) is 42.5 Å². The van der Waals surface area contributed by atoms with Crippen LogP contribution in [0.2, 0.25) is 0 Å². The number of amides is 4. The Kier molecular flexibility index (Phi) is 13.6. The zero-order valence-electron chi connectivity index (χ0n) is 28.5. The molecule has 1 saturated heterocycles. The fourth-order valence-corrected chi connectivity index (χ4v) is 5.19. The van der Waals surface area contributed by atoms with Crippen molar-refractivity contribution in [2.75, 3.05) is 33.8 Å². The van der Waals surface area contributed by atoms with E-state index in [1.807, 2.05) is 30.3 Å². The first kappa shape index (κ1) is 37.3. The van der Waals surface area contributed by atoms with Gasteiger partial charge in [0.05, 0.1) is 6.10 Å². The number of halogens is 1. The number of benzene rings is 2. The number of ether oxygens (including phenoxy) is 3. The first-order valence-corrected chi connectivity index (χ1v) is 16.0. The van der Waals surface area contributed by atoms with Crippen LogP contribution < -0.4 is 5.32 Å². The SMILES string of the molecule is CO[C@H](C)[C@H](NC(=O)[C@H](C)N(C)C(=O)OC(C)(C)C)C(=O)N1CCCC1CN(CCc1ccc(F)cc1)C(=O)OCc1ccccc1. The molecule has 47 heavy (non-hydrogen) atoms. The highest BCUT2D eigenvalue weighted by atomic mass is 19.1. The van der Waals surface area contributed by atoms with Gasteiger partial charge in [-0.2, -0.15) is 0 Å². The second kappa shape index (κ2) is 17.1. The zero-order chi connectivity index (χ0) is 34.7. The van der Waals surface area contributed by atoms with Crippen LogP contribution in [0.5, 0.6) is 0 Å². The quantitative estimate of drug-likeness (QED) is 0.330. The van der Waals surface area contributed by atoms with Crippen molar-refractivity contribution >= 4 is 24.0 Å². The van der Waals surface area contributed by atoms with Gasteiger partial charge in [0.25, 0.3) is 0 Å². The third-order valence-corrected chi connectivity index (χ3v) is 8.19. The topological polar surface area (TPSA) is 118 Å². The van der Waals surface area contributed by atoms with Crippen molar-refractivity contribution in [3.63, 3.8) is 0 Å². The van der Waals surface area contributed by atoms with E-state index in [1.165, 1.54) is 31.2 Å². The van der Waals surface area contributed by atoms with E-state index in [2.05, 4.69) is 5.32 Å². The van der Waals surface area contributed by atoms with Gasteiger partial charge in [-0.25, -0.2) is 14.0 Å². The van der Waals surface area contributed by atoms with Gasteiger partial charge in [0.2, 0.25) is 11.8 Å². The Labute approximate surface area is 277 Å². The maximum atomic E-state index is 14.0. The molecule has 0 aliphatic carbocycles. The summed E-state index contributed by atoms with van der Waals surface area (Å²) in [6.07, 6.45) is -0.0565. The number of nitrogens with zero attached hydrogens (tertiary/aromatic N) is 3. The Morgan fingerprint density at radius 3 is 2.28 bits per heavy atom. The molecule has 0 bridgehead atoms. The van der Waals surface area contributed by atoms with E-state index < -0.39 is 41.9 Å². The summed E-state index contributed by atoms with van der Waals surface area (Å²) in [6.45, 7) is 9.47. The van der Waals surface area contributed by atoms with Crippen molar-refractivity contribution in [3.05, 3.63) is 71.5 Å². The molecule has 11 nitrogen and oxygen atoms in total. The smallest absolute Gasteiger partial charge is 0.410 e. The molecule has 1 aliphatic rings. The van der Waals surface area contributed by atoms with Gasteiger partial charge in [-0.05, 0) is 77.1 Å². The summed E-state index contributed by atoms with van der Waals surface area (Å²) < 4.78 is 30.0. The van der Waals surface area contributed by atoms with Gasteiger partial charge in [-0.3, -0.25) is 14.5 Å². The number of carbonyl (C=O) groups excluding carboxylic acids is 4. The van der Waals surface area contributed by atoms with Crippen LogP contribution in [0.25, 0.3) is 0 Å². The molecule has 4 amide bonds. The number of likely N-dealkylation sites (N-methyl/N-ethyl adjacent to an activating group) is 1. The molecule has 1 unspecified atom stereocenters. The van der Waals surface area contributed by atoms with E-state index in [0.717, 1.165) is 11.1 Å². The van der Waals surface area contributed by atoms with Crippen molar-refractivity contribution in [2.24, 2.45) is 0 Å². The second-order valence-corrected chi connectivity index (χ2v) is 12.9. The van der Waals surface area contributed by atoms with Crippen LogP contribution in [0.1, 0.15) is 58.6 Å². The highest BCUT2D eigenvalue weighted by Crippen LogP contribution is 2.22. The van der Waals surface area contributed by atoms with Gasteiger partial charge in [0, 0.05) is 39.8 Å². The molecule has 2 aromatic carbocycles. The summed E-state index contributed by atoms with van der Waals surface area (Å²) in [5, 5.41) is 2.79. The number of rotatable bonds is 13. The fourth-order valence-electron chi connectivity index (χ4n) is 5.19. The molecule has 3 rings (SSSR count). The predicted octanol–water partition coefficient (Wildman–Crippen LogP) is 4.77. The molecule has 258 valence electrons. The second-order valence-electron chi connectivity index (χ2n) is 12.9. The molecule has 1 heterocycles. The van der Waals surface area contributed by atoms with Gasteiger partial charge < -0.3 is 29.3 Å². The van der Waals surface area contributed by atoms with E-state index in [-0.39, 0.29) is 30.9 Å². The Bertz CT molecular complexity index is 1340. The Balaban J connectivity index is 1.74. The predicted molar refractivity (Wildman–Crippen MR) is 175 cm³/mol. The fraction of sp³-hybridized carbons (Fsp3) is 0.543. The zero-order valence-corrected chi connectivity index (χ0v) is 28.5. The minimum atomic E-state index is -1.04. The average Bonchev–Trinajstić information content (AvgIpc) is 3.51. The molecule has 0 radical (unpaired) electrons. The van der Waals surface area contributed by atoms with Crippen molar-refractivity contribution in [2.45, 2.75) is 90.3 Å². The summed E-state index contributed by atoms with van der Waals surface area (Å²) in [7, 11) is 2.91. The minimum absolute atomic E-state index is 0.0927. The lowest BCUT2D eigenvalue weighted by atomic mass is 10.1. The molecule has 0 aromatic heterocycles. The summed E-state index contributed by atoms with van der Waals surface area (Å²) in [5.74, 6) is -1.23. The monoisotopic (exact) mass is 656 g/mol. The summed E-state index contributed by atoms with van der Waals surface area (Å²) in [6, 6.07) is 13.1. The van der Waals surface area contributed by atoms with Crippen molar-refractivity contribution in [1.82, 2.24) is 20.0 Å². The molecular weight excluding hydrogens is 607 g/mol. The largest absolute Gasteiger partial charge is 0.445 e. The van der Waals surface area contributed by atoms with Crippen LogP contribution in [0.3, 0.4) is 0 Å². The highest BCUT2D eigenvalue weighted by molar-refractivity contribution is 5.91. The Hall–Kier alpha value is -4.19. The molecule has 1 fully saturated rings. The lowest BCUT2D eigenvalue weighted by Gasteiger charge is -2.35. The van der Waals surface area contributed by atoms with Gasteiger partial charge in [0.15, 0.2) is 0 Å². The highest BCUT2D eigenvalue weighted by Gasteiger charge is 2.39. The van der Waals surface area contributed by atoms with Crippen LogP contribution in [0.15, 0.2) is 54.6 Å². The van der Waals surface area contributed by atoms with E-state index in [1.54, 1.807) is 56.6 Å². The maximum Gasteiger partial charge on any atom is 0.410 e. The van der Waals surface area contributed by atoms with E-state index in [0.29, 0.717) is 32.4 Å². The van der Waals surface area contributed by atoms with Gasteiger partial charge in [-0.15, -0.1) is 0 Å².